The molecule has 1 heterocycles. The third kappa shape index (κ3) is 3.16. The second kappa shape index (κ2) is 6.92. The van der Waals surface area contributed by atoms with Crippen molar-refractivity contribution in [2.24, 2.45) is 0 Å². The van der Waals surface area contributed by atoms with Gasteiger partial charge in [-0.1, -0.05) is 6.42 Å². The molecule has 2 aromatic rings. The Labute approximate surface area is 147 Å². The molecule has 6 nitrogen and oxygen atoms in total. The van der Waals surface area contributed by atoms with Crippen molar-refractivity contribution < 1.29 is 22.7 Å². The summed E-state index contributed by atoms with van der Waals surface area (Å²) in [5.41, 5.74) is -0.390. The van der Waals surface area contributed by atoms with Crippen LogP contribution >= 0.6 is 0 Å². The summed E-state index contributed by atoms with van der Waals surface area (Å²) in [6, 6.07) is 9.61. The average Bonchev–Trinajstić information content (AvgIpc) is 3.14. The van der Waals surface area contributed by atoms with Gasteiger partial charge < -0.3 is 9.47 Å². The van der Waals surface area contributed by atoms with Crippen molar-refractivity contribution in [3.05, 3.63) is 48.3 Å². The van der Waals surface area contributed by atoms with Crippen LogP contribution in [0.25, 0.3) is 0 Å². The molecule has 0 unspecified atom stereocenters. The first-order valence-electron chi connectivity index (χ1n) is 8.22. The number of benzene rings is 1. The van der Waals surface area contributed by atoms with Gasteiger partial charge in [-0.25, -0.2) is 12.4 Å². The first-order chi connectivity index (χ1) is 12.0. The molecule has 0 bridgehead atoms. The highest BCUT2D eigenvalue weighted by atomic mass is 32.2. The topological polar surface area (TPSA) is 74.6 Å². The van der Waals surface area contributed by atoms with Gasteiger partial charge in [0.15, 0.2) is 5.60 Å². The molecule has 7 heteroatoms. The van der Waals surface area contributed by atoms with Crippen LogP contribution in [0, 0.1) is 0 Å². The fraction of sp³-hybridized carbons (Fsp3) is 0.389. The van der Waals surface area contributed by atoms with E-state index in [-0.39, 0.29) is 4.90 Å². The summed E-state index contributed by atoms with van der Waals surface area (Å²) < 4.78 is 37.9. The largest absolute Gasteiger partial charge is 0.497 e. The fourth-order valence-electron chi connectivity index (χ4n) is 3.44. The van der Waals surface area contributed by atoms with E-state index in [1.54, 1.807) is 24.3 Å². The van der Waals surface area contributed by atoms with E-state index in [1.807, 2.05) is 0 Å². The Morgan fingerprint density at radius 1 is 1.08 bits per heavy atom. The summed E-state index contributed by atoms with van der Waals surface area (Å²) in [6.07, 6.45) is 5.57. The highest BCUT2D eigenvalue weighted by Crippen LogP contribution is 2.41. The molecule has 1 aromatic heterocycles. The van der Waals surface area contributed by atoms with Crippen molar-refractivity contribution in [3.63, 3.8) is 0 Å². The number of methoxy groups -OCH3 is 1. The molecule has 3 rings (SSSR count). The quantitative estimate of drug-likeness (QED) is 0.738. The van der Waals surface area contributed by atoms with Crippen LogP contribution in [0.1, 0.15) is 37.8 Å². The molecule has 1 saturated carbocycles. The van der Waals surface area contributed by atoms with Crippen LogP contribution < -0.4 is 4.74 Å². The Hall–Kier alpha value is -2.28. The molecule has 1 aliphatic rings. The Balaban J connectivity index is 2.06. The highest BCUT2D eigenvalue weighted by Gasteiger charge is 2.40. The van der Waals surface area contributed by atoms with Gasteiger partial charge in [0.2, 0.25) is 0 Å². The summed E-state index contributed by atoms with van der Waals surface area (Å²) in [6.45, 7) is 0.419. The van der Waals surface area contributed by atoms with Crippen LogP contribution in [-0.4, -0.2) is 26.0 Å². The Bertz CT molecular complexity index is 833. The van der Waals surface area contributed by atoms with Crippen molar-refractivity contribution in [1.29, 1.82) is 0 Å². The molecule has 0 aliphatic heterocycles. The zero-order chi connectivity index (χ0) is 17.9. The van der Waals surface area contributed by atoms with Crippen molar-refractivity contribution in [2.75, 3.05) is 7.11 Å². The lowest BCUT2D eigenvalue weighted by Crippen LogP contribution is -2.35. The summed E-state index contributed by atoms with van der Waals surface area (Å²) in [5.74, 6) is 0.583. The third-order valence-electron chi connectivity index (χ3n) is 4.73. The van der Waals surface area contributed by atoms with E-state index < -0.39 is 15.6 Å². The minimum atomic E-state index is -3.79. The number of aromatic nitrogens is 1. The van der Waals surface area contributed by atoms with Crippen LogP contribution in [0.5, 0.6) is 5.75 Å². The first-order valence-corrected chi connectivity index (χ1v) is 9.66. The van der Waals surface area contributed by atoms with Gasteiger partial charge in [-0.05, 0) is 62.1 Å². The molecule has 0 spiro atoms. The molecule has 0 radical (unpaired) electrons. The van der Waals surface area contributed by atoms with Crippen LogP contribution in [-0.2, 0) is 25.2 Å². The molecular formula is C18H21NO5S. The molecule has 1 aromatic carbocycles. The second-order valence-corrected chi connectivity index (χ2v) is 7.95. The number of ether oxygens (including phenoxy) is 2. The predicted octanol–water partition coefficient (Wildman–Crippen LogP) is 3.07. The first kappa shape index (κ1) is 17.5. The maximum absolute atomic E-state index is 13.1. The van der Waals surface area contributed by atoms with E-state index in [2.05, 4.69) is 0 Å². The van der Waals surface area contributed by atoms with Gasteiger partial charge in [-0.2, -0.15) is 0 Å². The zero-order valence-electron chi connectivity index (χ0n) is 14.1. The highest BCUT2D eigenvalue weighted by molar-refractivity contribution is 7.90. The van der Waals surface area contributed by atoms with Crippen molar-refractivity contribution in [3.8, 4) is 5.75 Å². The Morgan fingerprint density at radius 2 is 1.76 bits per heavy atom. The van der Waals surface area contributed by atoms with Crippen LogP contribution in [0.15, 0.2) is 47.5 Å². The van der Waals surface area contributed by atoms with Gasteiger partial charge in [-0.3, -0.25) is 4.79 Å². The lowest BCUT2D eigenvalue weighted by atomic mass is 9.82. The average molecular weight is 363 g/mol. The number of hydrogen-bond acceptors (Lipinski definition) is 5. The Morgan fingerprint density at radius 3 is 2.36 bits per heavy atom. The van der Waals surface area contributed by atoms with Gasteiger partial charge in [0, 0.05) is 6.20 Å². The van der Waals surface area contributed by atoms with E-state index in [0.717, 1.165) is 19.3 Å². The van der Waals surface area contributed by atoms with E-state index in [9.17, 15) is 13.2 Å². The van der Waals surface area contributed by atoms with Crippen molar-refractivity contribution in [1.82, 2.24) is 3.97 Å². The molecule has 1 fully saturated rings. The second-order valence-electron chi connectivity index (χ2n) is 6.14. The smallest absolute Gasteiger partial charge is 0.294 e. The maximum Gasteiger partial charge on any atom is 0.294 e. The van der Waals surface area contributed by atoms with E-state index in [1.165, 1.54) is 29.4 Å². The van der Waals surface area contributed by atoms with E-state index in [0.29, 0.717) is 30.8 Å². The van der Waals surface area contributed by atoms with Gasteiger partial charge in [0.05, 0.1) is 17.7 Å². The molecule has 0 N–H and O–H groups in total. The summed E-state index contributed by atoms with van der Waals surface area (Å²) in [7, 11) is -2.27. The van der Waals surface area contributed by atoms with Crippen LogP contribution in [0.2, 0.25) is 0 Å². The van der Waals surface area contributed by atoms with Crippen molar-refractivity contribution >= 4 is 16.5 Å². The zero-order valence-corrected chi connectivity index (χ0v) is 14.9. The van der Waals surface area contributed by atoms with Crippen LogP contribution in [0.4, 0.5) is 0 Å². The molecule has 0 amide bonds. The molecular weight excluding hydrogens is 342 g/mol. The van der Waals surface area contributed by atoms with Crippen molar-refractivity contribution in [2.45, 2.75) is 42.6 Å². The molecule has 1 aliphatic carbocycles. The SMILES string of the molecule is COc1ccc(S(=O)(=O)n2cccc2C2(OC=O)CCCCC2)cc1. The molecule has 134 valence electrons. The maximum atomic E-state index is 13.1. The lowest BCUT2D eigenvalue weighted by Gasteiger charge is -2.36. The van der Waals surface area contributed by atoms with E-state index in [4.69, 9.17) is 9.47 Å². The Kier molecular flexibility index (Phi) is 4.85. The fourth-order valence-corrected chi connectivity index (χ4v) is 4.86. The number of nitrogens with zero attached hydrogens (tertiary/aromatic N) is 1. The third-order valence-corrected chi connectivity index (χ3v) is 6.44. The standard InChI is InChI=1S/C18H21NO5S/c1-23-15-7-9-16(10-8-15)25(21,22)19-13-5-6-17(19)18(24-14-20)11-3-2-4-12-18/h5-10,13-14H,2-4,11-12H2,1H3. The molecule has 0 saturated heterocycles. The molecule has 0 atom stereocenters. The predicted molar refractivity (Wildman–Crippen MR) is 91.9 cm³/mol. The number of carbonyl (C=O) groups is 1. The van der Waals surface area contributed by atoms with Gasteiger partial charge in [0.1, 0.15) is 5.75 Å². The number of hydrogen-bond donors (Lipinski definition) is 0. The molecule has 25 heavy (non-hydrogen) atoms. The monoisotopic (exact) mass is 363 g/mol. The normalized spacial score (nSPS) is 17.0. The minimum Gasteiger partial charge on any atom is -0.497 e. The van der Waals surface area contributed by atoms with Crippen LogP contribution in [0.3, 0.4) is 0 Å². The van der Waals surface area contributed by atoms with Gasteiger partial charge >= 0.3 is 0 Å². The lowest BCUT2D eigenvalue weighted by molar-refractivity contribution is -0.149. The summed E-state index contributed by atoms with van der Waals surface area (Å²) in [5, 5.41) is 0. The van der Waals surface area contributed by atoms with Gasteiger partial charge in [-0.15, -0.1) is 0 Å². The summed E-state index contributed by atoms with van der Waals surface area (Å²) >= 11 is 0. The van der Waals surface area contributed by atoms with Gasteiger partial charge in [0.25, 0.3) is 16.5 Å². The number of rotatable bonds is 6. The minimum absolute atomic E-state index is 0.155. The summed E-state index contributed by atoms with van der Waals surface area (Å²) in [4.78, 5) is 11.2. The van der Waals surface area contributed by atoms with E-state index >= 15 is 0 Å². The number of carbonyl (C=O) groups excluding carboxylic acids is 1.